The largest absolute Gasteiger partial charge is 0.472 e. The Balaban J connectivity index is 5.25. The molecule has 0 aromatic carbocycles. The number of phosphoric acid groups is 2. The van der Waals surface area contributed by atoms with Gasteiger partial charge in [-0.15, -0.1) is 0 Å². The molecule has 0 rings (SSSR count). The predicted octanol–water partition coefficient (Wildman–Crippen LogP) is 24.0. The smallest absolute Gasteiger partial charge is 0.462 e. The third-order valence-electron chi connectivity index (χ3n) is 18.8. The van der Waals surface area contributed by atoms with Crippen molar-refractivity contribution in [1.29, 1.82) is 0 Å². The number of esters is 4. The first-order chi connectivity index (χ1) is 48.6. The van der Waals surface area contributed by atoms with Gasteiger partial charge in [-0.05, 0) is 57.3 Å². The van der Waals surface area contributed by atoms with Gasteiger partial charge in [0.15, 0.2) is 12.2 Å². The molecule has 3 N–H and O–H groups in total. The van der Waals surface area contributed by atoms with Crippen LogP contribution >= 0.6 is 15.6 Å². The van der Waals surface area contributed by atoms with Crippen molar-refractivity contribution in [3.05, 3.63) is 24.3 Å². The molecular weight excluding hydrogens is 1310 g/mol. The fourth-order valence-electron chi connectivity index (χ4n) is 12.0. The van der Waals surface area contributed by atoms with Crippen LogP contribution in [0.5, 0.6) is 0 Å². The summed E-state index contributed by atoms with van der Waals surface area (Å²) in [5.41, 5.74) is 0. The maximum absolute atomic E-state index is 13.1. The van der Waals surface area contributed by atoms with E-state index in [1.54, 1.807) is 0 Å². The Kier molecular flexibility index (Phi) is 71.6. The van der Waals surface area contributed by atoms with Crippen LogP contribution in [0.3, 0.4) is 0 Å². The average molecular weight is 1460 g/mol. The quantitative estimate of drug-likeness (QED) is 0.0169. The SMILES string of the molecule is CCCCCC/C=C\C=C/CCCCCCCC(=O)OC[C@H](COP(=O)(O)OC[C@@H](O)COP(=O)(O)OC[C@@H](COC(=O)CCCCCCCCCCCC)OC(=O)CCCCCCCCCCCCC(C)CC)OC(=O)CCCCCCCCCCCCCCCCCCCCCCC. The van der Waals surface area contributed by atoms with Crippen molar-refractivity contribution < 1.29 is 80.2 Å². The Labute approximate surface area is 612 Å². The summed E-state index contributed by atoms with van der Waals surface area (Å²) in [4.78, 5) is 73.0. The molecule has 0 fully saturated rings. The number of hydrogen-bond donors (Lipinski definition) is 3. The van der Waals surface area contributed by atoms with Crippen LogP contribution in [0.1, 0.15) is 407 Å². The second-order valence-electron chi connectivity index (χ2n) is 28.7. The number of hydrogen-bond acceptors (Lipinski definition) is 15. The first-order valence-electron chi connectivity index (χ1n) is 41.5. The van der Waals surface area contributed by atoms with Gasteiger partial charge in [-0.2, -0.15) is 0 Å². The van der Waals surface area contributed by atoms with E-state index in [2.05, 4.69) is 58.9 Å². The standard InChI is InChI=1S/C81H154O17P2/c1-6-10-13-16-19-22-25-27-29-30-31-32-33-34-36-38-40-46-51-56-61-66-80(85)97-77(71-92-79(84)65-60-55-50-45-39-37-35-28-26-23-20-17-14-11-7-2)73-96-100(89,90)94-69-75(82)68-93-99(87,88)95-72-76(70-91-78(83)64-59-54-49-44-24-21-18-15-12-8-3)98-81(86)67-62-57-52-47-42-41-43-48-53-58-63-74(5)9-4/h23,26,28,35,74-77,82H,6-22,24-25,27,29-34,36-73H2,1-5H3,(H,87,88)(H,89,90)/b26-23-,35-28-/t74?,75-,76+,77+/m0/s1. The normalized spacial score (nSPS) is 14.3. The summed E-state index contributed by atoms with van der Waals surface area (Å²) < 4.78 is 68.6. The van der Waals surface area contributed by atoms with Gasteiger partial charge in [-0.1, -0.05) is 354 Å². The lowest BCUT2D eigenvalue weighted by Gasteiger charge is -2.21. The van der Waals surface area contributed by atoms with Crippen molar-refractivity contribution in [3.8, 4) is 0 Å². The van der Waals surface area contributed by atoms with Crippen LogP contribution in [0.2, 0.25) is 0 Å². The minimum absolute atomic E-state index is 0.102. The molecule has 3 unspecified atom stereocenters. The van der Waals surface area contributed by atoms with Crippen LogP contribution in [0.4, 0.5) is 0 Å². The molecule has 0 saturated heterocycles. The van der Waals surface area contributed by atoms with Crippen LogP contribution in [-0.2, 0) is 65.4 Å². The predicted molar refractivity (Wildman–Crippen MR) is 409 cm³/mol. The zero-order valence-electron chi connectivity index (χ0n) is 64.8. The summed E-state index contributed by atoms with van der Waals surface area (Å²) in [5, 5.41) is 10.6. The number of aliphatic hydroxyl groups is 1. The Morgan fingerprint density at radius 3 is 0.850 bits per heavy atom. The molecule has 0 amide bonds. The number of phosphoric ester groups is 2. The fraction of sp³-hybridized carbons (Fsp3) is 0.901. The Bertz CT molecular complexity index is 2010. The average Bonchev–Trinajstić information content (AvgIpc) is 1.06. The van der Waals surface area contributed by atoms with Crippen LogP contribution in [0, 0.1) is 5.92 Å². The number of rotatable bonds is 79. The first-order valence-corrected chi connectivity index (χ1v) is 44.5. The van der Waals surface area contributed by atoms with E-state index in [4.69, 9.17) is 37.0 Å². The lowest BCUT2D eigenvalue weighted by molar-refractivity contribution is -0.161. The zero-order valence-corrected chi connectivity index (χ0v) is 66.6. The number of unbranched alkanes of at least 4 members (excludes halogenated alkanes) is 47. The van der Waals surface area contributed by atoms with E-state index >= 15 is 0 Å². The van der Waals surface area contributed by atoms with E-state index in [1.165, 1.54) is 212 Å². The number of aliphatic hydroxyl groups excluding tert-OH is 1. The van der Waals surface area contributed by atoms with E-state index in [9.17, 15) is 43.2 Å². The second-order valence-corrected chi connectivity index (χ2v) is 31.6. The van der Waals surface area contributed by atoms with Gasteiger partial charge in [0.1, 0.15) is 19.3 Å². The van der Waals surface area contributed by atoms with Crippen LogP contribution < -0.4 is 0 Å². The van der Waals surface area contributed by atoms with E-state index in [1.807, 2.05) is 0 Å². The van der Waals surface area contributed by atoms with Gasteiger partial charge in [0.05, 0.1) is 26.4 Å². The fourth-order valence-corrected chi connectivity index (χ4v) is 13.6. The summed E-state index contributed by atoms with van der Waals surface area (Å²) in [5.74, 6) is -1.34. The summed E-state index contributed by atoms with van der Waals surface area (Å²) >= 11 is 0. The number of carbonyl (C=O) groups is 4. The van der Waals surface area contributed by atoms with Crippen molar-refractivity contribution in [2.24, 2.45) is 5.92 Å². The minimum atomic E-state index is -4.97. The van der Waals surface area contributed by atoms with Crippen molar-refractivity contribution >= 4 is 39.5 Å². The monoisotopic (exact) mass is 1460 g/mol. The highest BCUT2D eigenvalue weighted by Gasteiger charge is 2.30. The molecule has 17 nitrogen and oxygen atoms in total. The highest BCUT2D eigenvalue weighted by molar-refractivity contribution is 7.47. The second kappa shape index (κ2) is 73.4. The topological polar surface area (TPSA) is 237 Å². The summed E-state index contributed by atoms with van der Waals surface area (Å²) in [6.45, 7) is 7.27. The zero-order chi connectivity index (χ0) is 73.4. The molecule has 0 saturated carbocycles. The maximum atomic E-state index is 13.1. The third-order valence-corrected chi connectivity index (χ3v) is 20.7. The van der Waals surface area contributed by atoms with Crippen LogP contribution in [0.25, 0.3) is 0 Å². The highest BCUT2D eigenvalue weighted by atomic mass is 31.2. The molecule has 0 spiro atoms. The minimum Gasteiger partial charge on any atom is -0.462 e. The van der Waals surface area contributed by atoms with E-state index in [-0.39, 0.29) is 25.7 Å². The molecule has 0 aliphatic heterocycles. The van der Waals surface area contributed by atoms with Gasteiger partial charge >= 0.3 is 39.5 Å². The Morgan fingerprint density at radius 2 is 0.560 bits per heavy atom. The summed E-state index contributed by atoms with van der Waals surface area (Å²) in [7, 11) is -9.93. The molecular formula is C81H154O17P2. The van der Waals surface area contributed by atoms with Crippen LogP contribution in [0.15, 0.2) is 24.3 Å². The van der Waals surface area contributed by atoms with Gasteiger partial charge in [0.2, 0.25) is 0 Å². The molecule has 0 radical (unpaired) electrons. The first kappa shape index (κ1) is 97.5. The van der Waals surface area contributed by atoms with Crippen molar-refractivity contribution in [3.63, 3.8) is 0 Å². The summed E-state index contributed by atoms with van der Waals surface area (Å²) in [6.07, 6.45) is 67.4. The molecule has 0 aliphatic carbocycles. The molecule has 100 heavy (non-hydrogen) atoms. The number of ether oxygens (including phenoxy) is 4. The third kappa shape index (κ3) is 72.5. The van der Waals surface area contributed by atoms with Gasteiger partial charge in [-0.3, -0.25) is 37.3 Å². The van der Waals surface area contributed by atoms with Crippen LogP contribution in [-0.4, -0.2) is 96.7 Å². The van der Waals surface area contributed by atoms with Gasteiger partial charge in [0, 0.05) is 25.7 Å². The van der Waals surface area contributed by atoms with Crippen molar-refractivity contribution in [1.82, 2.24) is 0 Å². The molecule has 19 heteroatoms. The molecule has 0 bridgehead atoms. The number of allylic oxidation sites excluding steroid dienone is 4. The Hall–Kier alpha value is -2.46. The molecule has 0 aliphatic rings. The molecule has 0 aromatic rings. The molecule has 0 heterocycles. The molecule has 0 aromatic heterocycles. The van der Waals surface area contributed by atoms with E-state index in [0.29, 0.717) is 25.7 Å². The van der Waals surface area contributed by atoms with E-state index in [0.717, 1.165) is 115 Å². The lowest BCUT2D eigenvalue weighted by atomic mass is 9.99. The van der Waals surface area contributed by atoms with Gasteiger partial charge in [-0.25, -0.2) is 9.13 Å². The van der Waals surface area contributed by atoms with Gasteiger partial charge in [0.25, 0.3) is 0 Å². The number of carbonyl (C=O) groups excluding carboxylic acids is 4. The molecule has 590 valence electrons. The van der Waals surface area contributed by atoms with Gasteiger partial charge < -0.3 is 33.8 Å². The van der Waals surface area contributed by atoms with E-state index < -0.39 is 97.5 Å². The Morgan fingerprint density at radius 1 is 0.320 bits per heavy atom. The lowest BCUT2D eigenvalue weighted by Crippen LogP contribution is -2.30. The van der Waals surface area contributed by atoms with Crippen molar-refractivity contribution in [2.75, 3.05) is 39.6 Å². The maximum Gasteiger partial charge on any atom is 0.472 e. The molecule has 6 atom stereocenters. The highest BCUT2D eigenvalue weighted by Crippen LogP contribution is 2.45. The summed E-state index contributed by atoms with van der Waals surface area (Å²) in [6, 6.07) is 0. The van der Waals surface area contributed by atoms with Crippen molar-refractivity contribution in [2.45, 2.75) is 425 Å².